The molecule has 13 heavy (non-hydrogen) atoms. The van der Waals surface area contributed by atoms with Gasteiger partial charge in [-0.2, -0.15) is 0 Å². The van der Waals surface area contributed by atoms with Gasteiger partial charge in [0.2, 0.25) is 0 Å². The molecule has 0 aliphatic carbocycles. The summed E-state index contributed by atoms with van der Waals surface area (Å²) >= 11 is 0. The Morgan fingerprint density at radius 1 is 1.69 bits per heavy atom. The molecule has 4 heteroatoms. The molecule has 3 N–H and O–H groups in total. The van der Waals surface area contributed by atoms with Gasteiger partial charge in [0.05, 0.1) is 0 Å². The summed E-state index contributed by atoms with van der Waals surface area (Å²) in [6.45, 7) is 3.20. The van der Waals surface area contributed by atoms with Crippen LogP contribution in [-0.2, 0) is 10.3 Å². The molecule has 4 nitrogen and oxygen atoms in total. The minimum atomic E-state index is -1.36. The molecular weight excluding hydrogens is 168 g/mol. The zero-order chi connectivity index (χ0) is 10.1. The number of aromatic nitrogens is 1. The van der Waals surface area contributed by atoms with E-state index in [4.69, 9.17) is 10.8 Å². The third kappa shape index (κ3) is 1.67. The van der Waals surface area contributed by atoms with Gasteiger partial charge in [-0.15, -0.1) is 0 Å². The second-order valence-electron chi connectivity index (χ2n) is 3.14. The highest BCUT2D eigenvalue weighted by Crippen LogP contribution is 2.19. The van der Waals surface area contributed by atoms with Crippen LogP contribution in [0.2, 0.25) is 0 Å². The number of carbonyl (C=O) groups is 1. The van der Waals surface area contributed by atoms with Crippen molar-refractivity contribution in [3.63, 3.8) is 0 Å². The molecule has 0 saturated heterocycles. The van der Waals surface area contributed by atoms with Crippen LogP contribution in [0.4, 0.5) is 0 Å². The smallest absolute Gasteiger partial charge is 0.328 e. The van der Waals surface area contributed by atoms with Gasteiger partial charge in [-0.05, 0) is 19.9 Å². The van der Waals surface area contributed by atoms with Crippen molar-refractivity contribution in [1.82, 2.24) is 4.98 Å². The van der Waals surface area contributed by atoms with Crippen molar-refractivity contribution in [2.45, 2.75) is 19.4 Å². The van der Waals surface area contributed by atoms with Crippen LogP contribution in [0.5, 0.6) is 0 Å². The van der Waals surface area contributed by atoms with Gasteiger partial charge in [-0.25, -0.2) is 4.79 Å². The molecule has 1 aromatic heterocycles. The van der Waals surface area contributed by atoms with E-state index in [2.05, 4.69) is 4.98 Å². The van der Waals surface area contributed by atoms with E-state index in [0.29, 0.717) is 11.3 Å². The number of pyridine rings is 1. The topological polar surface area (TPSA) is 76.2 Å². The first-order valence-corrected chi connectivity index (χ1v) is 3.90. The molecule has 0 fully saturated rings. The fourth-order valence-electron chi connectivity index (χ4n) is 1.15. The number of carboxylic acid groups (broad SMARTS) is 1. The maximum atomic E-state index is 10.8. The molecule has 0 aromatic carbocycles. The van der Waals surface area contributed by atoms with Crippen LogP contribution in [0.25, 0.3) is 0 Å². The van der Waals surface area contributed by atoms with Crippen LogP contribution in [-0.4, -0.2) is 16.1 Å². The lowest BCUT2D eigenvalue weighted by Gasteiger charge is -2.20. The molecule has 0 aliphatic heterocycles. The number of nitrogens with two attached hydrogens (primary N) is 1. The zero-order valence-electron chi connectivity index (χ0n) is 7.61. The van der Waals surface area contributed by atoms with Gasteiger partial charge in [0.25, 0.3) is 0 Å². The van der Waals surface area contributed by atoms with Crippen molar-refractivity contribution in [2.75, 3.05) is 0 Å². The van der Waals surface area contributed by atoms with Crippen LogP contribution in [0.15, 0.2) is 18.3 Å². The highest BCUT2D eigenvalue weighted by Gasteiger charge is 2.31. The van der Waals surface area contributed by atoms with Crippen LogP contribution < -0.4 is 5.73 Å². The third-order valence-corrected chi connectivity index (χ3v) is 2.01. The Balaban J connectivity index is 3.22. The van der Waals surface area contributed by atoms with Crippen LogP contribution in [0.1, 0.15) is 18.2 Å². The van der Waals surface area contributed by atoms with E-state index >= 15 is 0 Å². The van der Waals surface area contributed by atoms with Crippen LogP contribution >= 0.6 is 0 Å². The van der Waals surface area contributed by atoms with E-state index in [-0.39, 0.29) is 0 Å². The minimum Gasteiger partial charge on any atom is -0.480 e. The Hall–Kier alpha value is -1.42. The van der Waals surface area contributed by atoms with Gasteiger partial charge in [0, 0.05) is 17.5 Å². The maximum absolute atomic E-state index is 10.8. The van der Waals surface area contributed by atoms with Crippen molar-refractivity contribution >= 4 is 5.97 Å². The first-order valence-electron chi connectivity index (χ1n) is 3.90. The summed E-state index contributed by atoms with van der Waals surface area (Å²) in [4.78, 5) is 14.8. The summed E-state index contributed by atoms with van der Waals surface area (Å²) in [5.41, 5.74) is 5.47. The highest BCUT2D eigenvalue weighted by molar-refractivity contribution is 5.80. The fourth-order valence-corrected chi connectivity index (χ4v) is 1.15. The molecular formula is C9H12N2O2. The summed E-state index contributed by atoms with van der Waals surface area (Å²) in [5.74, 6) is -1.05. The van der Waals surface area contributed by atoms with Crippen LogP contribution in [0, 0.1) is 6.92 Å². The average molecular weight is 180 g/mol. The lowest BCUT2D eigenvalue weighted by molar-refractivity contribution is -0.143. The first kappa shape index (κ1) is 9.67. The SMILES string of the molecule is Cc1ncccc1C(C)(N)C(=O)O. The monoisotopic (exact) mass is 180 g/mol. The molecule has 0 amide bonds. The van der Waals surface area contributed by atoms with Gasteiger partial charge in [0.15, 0.2) is 0 Å². The molecule has 1 aromatic rings. The van der Waals surface area contributed by atoms with E-state index in [9.17, 15) is 4.79 Å². The summed E-state index contributed by atoms with van der Waals surface area (Å²) in [5, 5.41) is 8.87. The number of nitrogens with zero attached hydrogens (tertiary/aromatic N) is 1. The van der Waals surface area contributed by atoms with E-state index < -0.39 is 11.5 Å². The quantitative estimate of drug-likeness (QED) is 0.700. The average Bonchev–Trinajstić information content (AvgIpc) is 2.04. The first-order chi connectivity index (χ1) is 5.96. The number of hydrogen-bond acceptors (Lipinski definition) is 3. The lowest BCUT2D eigenvalue weighted by Crippen LogP contribution is -2.42. The van der Waals surface area contributed by atoms with Gasteiger partial charge >= 0.3 is 5.97 Å². The van der Waals surface area contributed by atoms with Gasteiger partial charge in [-0.1, -0.05) is 6.07 Å². The number of carboxylic acids is 1. The number of aliphatic carboxylic acids is 1. The lowest BCUT2D eigenvalue weighted by atomic mass is 9.92. The molecule has 1 unspecified atom stereocenters. The maximum Gasteiger partial charge on any atom is 0.328 e. The zero-order valence-corrected chi connectivity index (χ0v) is 7.61. The number of rotatable bonds is 2. The number of aryl methyl sites for hydroxylation is 1. The third-order valence-electron chi connectivity index (χ3n) is 2.01. The van der Waals surface area contributed by atoms with Crippen molar-refractivity contribution in [1.29, 1.82) is 0 Å². The molecule has 0 saturated carbocycles. The van der Waals surface area contributed by atoms with Gasteiger partial charge in [0.1, 0.15) is 5.54 Å². The Morgan fingerprint density at radius 2 is 2.31 bits per heavy atom. The Kier molecular flexibility index (Phi) is 2.34. The second-order valence-corrected chi connectivity index (χ2v) is 3.14. The molecule has 0 bridgehead atoms. The molecule has 1 rings (SSSR count). The fraction of sp³-hybridized carbons (Fsp3) is 0.333. The predicted molar refractivity (Wildman–Crippen MR) is 48.1 cm³/mol. The predicted octanol–water partition coefficient (Wildman–Crippen LogP) is 0.649. The summed E-state index contributed by atoms with van der Waals surface area (Å²) in [6.07, 6.45) is 1.61. The normalized spacial score (nSPS) is 15.0. The van der Waals surface area contributed by atoms with E-state index in [1.54, 1.807) is 25.3 Å². The summed E-state index contributed by atoms with van der Waals surface area (Å²) in [7, 11) is 0. The Bertz CT molecular complexity index is 334. The second kappa shape index (κ2) is 3.14. The molecule has 70 valence electrons. The van der Waals surface area contributed by atoms with Crippen molar-refractivity contribution < 1.29 is 9.90 Å². The van der Waals surface area contributed by atoms with E-state index in [1.807, 2.05) is 0 Å². The summed E-state index contributed by atoms with van der Waals surface area (Å²) in [6, 6.07) is 3.35. The molecule has 1 heterocycles. The summed E-state index contributed by atoms with van der Waals surface area (Å²) < 4.78 is 0. The molecule has 1 atom stereocenters. The highest BCUT2D eigenvalue weighted by atomic mass is 16.4. The van der Waals surface area contributed by atoms with E-state index in [1.165, 1.54) is 6.92 Å². The Morgan fingerprint density at radius 3 is 2.77 bits per heavy atom. The van der Waals surface area contributed by atoms with Crippen molar-refractivity contribution in [2.24, 2.45) is 5.73 Å². The van der Waals surface area contributed by atoms with Gasteiger partial charge < -0.3 is 10.8 Å². The molecule has 0 radical (unpaired) electrons. The van der Waals surface area contributed by atoms with Crippen molar-refractivity contribution in [3.05, 3.63) is 29.6 Å². The molecule has 0 aliphatic rings. The van der Waals surface area contributed by atoms with Gasteiger partial charge in [-0.3, -0.25) is 4.98 Å². The standard InChI is InChI=1S/C9H12N2O2/c1-6-7(4-3-5-11-6)9(2,10)8(12)13/h3-5H,10H2,1-2H3,(H,12,13). The molecule has 0 spiro atoms. The minimum absolute atomic E-state index is 0.544. The van der Waals surface area contributed by atoms with Crippen LogP contribution in [0.3, 0.4) is 0 Å². The van der Waals surface area contributed by atoms with E-state index in [0.717, 1.165) is 0 Å². The van der Waals surface area contributed by atoms with Crippen molar-refractivity contribution in [3.8, 4) is 0 Å². The number of hydrogen-bond donors (Lipinski definition) is 2. The Labute approximate surface area is 76.4 Å². The largest absolute Gasteiger partial charge is 0.480 e.